The number of carbonyl (C=O) groups excluding carboxylic acids is 1. The van der Waals surface area contributed by atoms with E-state index in [2.05, 4.69) is 29.3 Å². The maximum absolute atomic E-state index is 12.5. The van der Waals surface area contributed by atoms with E-state index in [0.717, 1.165) is 32.5 Å². The van der Waals surface area contributed by atoms with E-state index in [4.69, 9.17) is 4.74 Å². The quantitative estimate of drug-likeness (QED) is 0.926. The molecular weight excluding hydrogens is 308 g/mol. The highest BCUT2D eigenvalue weighted by Crippen LogP contribution is 2.36. The Morgan fingerprint density at radius 2 is 2.38 bits per heavy atom. The van der Waals surface area contributed by atoms with E-state index in [0.29, 0.717) is 19.1 Å². The van der Waals surface area contributed by atoms with Gasteiger partial charge in [-0.05, 0) is 31.9 Å². The predicted molar refractivity (Wildman–Crippen MR) is 87.2 cm³/mol. The van der Waals surface area contributed by atoms with Crippen molar-refractivity contribution >= 4 is 29.7 Å². The van der Waals surface area contributed by atoms with Crippen LogP contribution in [0.4, 0.5) is 0 Å². The van der Waals surface area contributed by atoms with Crippen molar-refractivity contribution in [1.29, 1.82) is 0 Å². The molecule has 3 heterocycles. The van der Waals surface area contributed by atoms with Crippen molar-refractivity contribution in [2.45, 2.75) is 38.3 Å². The van der Waals surface area contributed by atoms with Crippen molar-refractivity contribution in [1.82, 2.24) is 10.2 Å². The van der Waals surface area contributed by atoms with Gasteiger partial charge in [0.1, 0.15) is 0 Å². The second-order valence-corrected chi connectivity index (χ2v) is 6.94. The van der Waals surface area contributed by atoms with E-state index in [1.807, 2.05) is 11.3 Å². The highest BCUT2D eigenvalue weighted by Gasteiger charge is 2.32. The van der Waals surface area contributed by atoms with Gasteiger partial charge in [0.2, 0.25) is 5.91 Å². The summed E-state index contributed by atoms with van der Waals surface area (Å²) >= 11 is 1.82. The third-order valence-corrected chi connectivity index (χ3v) is 5.18. The summed E-state index contributed by atoms with van der Waals surface area (Å²) in [4.78, 5) is 17.3. The SMILES string of the molecule is Cc1ccc(C2CCCN2C(=O)CC2COCCN2)s1.Cl. The second-order valence-electron chi connectivity index (χ2n) is 5.62. The summed E-state index contributed by atoms with van der Waals surface area (Å²) in [5.74, 6) is 0.265. The number of morpholine rings is 1. The molecule has 0 saturated carbocycles. The molecule has 2 fully saturated rings. The minimum atomic E-state index is 0. The molecule has 6 heteroatoms. The van der Waals surface area contributed by atoms with Crippen LogP contribution in [-0.2, 0) is 9.53 Å². The van der Waals surface area contributed by atoms with E-state index in [1.54, 1.807) is 0 Å². The fourth-order valence-electron chi connectivity index (χ4n) is 3.07. The van der Waals surface area contributed by atoms with Gasteiger partial charge in [-0.3, -0.25) is 4.79 Å². The zero-order chi connectivity index (χ0) is 13.9. The Kier molecular flexibility index (Phi) is 6.05. The van der Waals surface area contributed by atoms with Crippen LogP contribution in [0.3, 0.4) is 0 Å². The van der Waals surface area contributed by atoms with Gasteiger partial charge in [0.05, 0.1) is 19.3 Å². The van der Waals surface area contributed by atoms with Gasteiger partial charge < -0.3 is 15.0 Å². The molecule has 2 atom stereocenters. The van der Waals surface area contributed by atoms with Crippen LogP contribution in [0.1, 0.15) is 35.1 Å². The molecule has 0 aliphatic carbocycles. The average Bonchev–Trinajstić information content (AvgIpc) is 3.08. The minimum absolute atomic E-state index is 0. The Hall–Kier alpha value is -0.620. The van der Waals surface area contributed by atoms with E-state index < -0.39 is 0 Å². The van der Waals surface area contributed by atoms with Gasteiger partial charge in [0, 0.05) is 35.3 Å². The van der Waals surface area contributed by atoms with Crippen LogP contribution in [-0.4, -0.2) is 43.2 Å². The topological polar surface area (TPSA) is 41.6 Å². The number of hydrogen-bond acceptors (Lipinski definition) is 4. The van der Waals surface area contributed by atoms with Gasteiger partial charge in [0.15, 0.2) is 0 Å². The number of aryl methyl sites for hydroxylation is 1. The van der Waals surface area contributed by atoms with Crippen LogP contribution in [0.25, 0.3) is 0 Å². The lowest BCUT2D eigenvalue weighted by atomic mass is 10.1. The summed E-state index contributed by atoms with van der Waals surface area (Å²) in [5, 5.41) is 3.36. The maximum Gasteiger partial charge on any atom is 0.224 e. The molecule has 0 radical (unpaired) electrons. The number of amides is 1. The summed E-state index contributed by atoms with van der Waals surface area (Å²) in [7, 11) is 0. The number of nitrogens with zero attached hydrogens (tertiary/aromatic N) is 1. The molecule has 0 spiro atoms. The number of carbonyl (C=O) groups is 1. The summed E-state index contributed by atoms with van der Waals surface area (Å²) < 4.78 is 5.43. The lowest BCUT2D eigenvalue weighted by Gasteiger charge is -2.28. The van der Waals surface area contributed by atoms with E-state index >= 15 is 0 Å². The Balaban J connectivity index is 0.00000161. The van der Waals surface area contributed by atoms with Crippen molar-refractivity contribution in [2.75, 3.05) is 26.3 Å². The van der Waals surface area contributed by atoms with Crippen LogP contribution in [0, 0.1) is 6.92 Å². The molecule has 118 valence electrons. The third kappa shape index (κ3) is 3.97. The summed E-state index contributed by atoms with van der Waals surface area (Å²) in [6.45, 7) is 5.28. The van der Waals surface area contributed by atoms with Gasteiger partial charge in [0.25, 0.3) is 0 Å². The fourth-order valence-corrected chi connectivity index (χ4v) is 4.10. The number of likely N-dealkylation sites (tertiary alicyclic amines) is 1. The van der Waals surface area contributed by atoms with Crippen molar-refractivity contribution in [3.8, 4) is 0 Å². The fraction of sp³-hybridized carbons (Fsp3) is 0.667. The standard InChI is InChI=1S/C15H22N2O2S.ClH/c1-11-4-5-14(20-11)13-3-2-7-17(13)15(18)9-12-10-19-8-6-16-12;/h4-5,12-13,16H,2-3,6-10H2,1H3;1H. The molecule has 2 saturated heterocycles. The van der Waals surface area contributed by atoms with Crippen LogP contribution in [0.5, 0.6) is 0 Å². The summed E-state index contributed by atoms with van der Waals surface area (Å²) in [5.41, 5.74) is 0. The van der Waals surface area contributed by atoms with Gasteiger partial charge in [-0.15, -0.1) is 23.7 Å². The first-order valence-electron chi connectivity index (χ1n) is 7.41. The van der Waals surface area contributed by atoms with Crippen LogP contribution < -0.4 is 5.32 Å². The van der Waals surface area contributed by atoms with Crippen molar-refractivity contribution in [2.24, 2.45) is 0 Å². The molecule has 2 aliphatic heterocycles. The number of nitrogens with one attached hydrogen (secondary N) is 1. The van der Waals surface area contributed by atoms with E-state index in [-0.39, 0.29) is 24.4 Å². The molecule has 1 amide bonds. The zero-order valence-electron chi connectivity index (χ0n) is 12.3. The van der Waals surface area contributed by atoms with E-state index in [9.17, 15) is 4.79 Å². The smallest absolute Gasteiger partial charge is 0.224 e. The highest BCUT2D eigenvalue weighted by molar-refractivity contribution is 7.12. The lowest BCUT2D eigenvalue weighted by Crippen LogP contribution is -2.45. The van der Waals surface area contributed by atoms with Gasteiger partial charge in [-0.1, -0.05) is 0 Å². The van der Waals surface area contributed by atoms with Crippen molar-refractivity contribution < 1.29 is 9.53 Å². The summed E-state index contributed by atoms with van der Waals surface area (Å²) in [6.07, 6.45) is 2.77. The predicted octanol–water partition coefficient (Wildman–Crippen LogP) is 2.52. The molecule has 2 unspecified atom stereocenters. The molecule has 2 aliphatic rings. The monoisotopic (exact) mass is 330 g/mol. The molecule has 0 bridgehead atoms. The Morgan fingerprint density at radius 1 is 1.52 bits per heavy atom. The summed E-state index contributed by atoms with van der Waals surface area (Å²) in [6, 6.07) is 4.81. The first kappa shape index (κ1) is 16.7. The molecule has 1 aromatic heterocycles. The van der Waals surface area contributed by atoms with Crippen molar-refractivity contribution in [3.05, 3.63) is 21.9 Å². The number of rotatable bonds is 3. The number of halogens is 1. The zero-order valence-corrected chi connectivity index (χ0v) is 14.0. The highest BCUT2D eigenvalue weighted by atomic mass is 35.5. The molecule has 3 rings (SSSR count). The maximum atomic E-state index is 12.5. The Morgan fingerprint density at radius 3 is 3.05 bits per heavy atom. The number of ether oxygens (including phenoxy) is 1. The minimum Gasteiger partial charge on any atom is -0.378 e. The second kappa shape index (κ2) is 7.58. The van der Waals surface area contributed by atoms with Crippen molar-refractivity contribution in [3.63, 3.8) is 0 Å². The first-order chi connectivity index (χ1) is 9.74. The lowest BCUT2D eigenvalue weighted by molar-refractivity contribution is -0.133. The van der Waals surface area contributed by atoms with Gasteiger partial charge in [-0.2, -0.15) is 0 Å². The van der Waals surface area contributed by atoms with Gasteiger partial charge >= 0.3 is 0 Å². The molecule has 4 nitrogen and oxygen atoms in total. The van der Waals surface area contributed by atoms with Crippen LogP contribution >= 0.6 is 23.7 Å². The van der Waals surface area contributed by atoms with E-state index in [1.165, 1.54) is 9.75 Å². The van der Waals surface area contributed by atoms with Gasteiger partial charge in [-0.25, -0.2) is 0 Å². The molecule has 1 N–H and O–H groups in total. The largest absolute Gasteiger partial charge is 0.378 e. The molecule has 1 aromatic rings. The Bertz CT molecular complexity index is 474. The number of hydrogen-bond donors (Lipinski definition) is 1. The van der Waals surface area contributed by atoms with Crippen LogP contribution in [0.2, 0.25) is 0 Å². The van der Waals surface area contributed by atoms with Crippen LogP contribution in [0.15, 0.2) is 12.1 Å². The first-order valence-corrected chi connectivity index (χ1v) is 8.22. The Labute approximate surface area is 136 Å². The average molecular weight is 331 g/mol. The third-order valence-electron chi connectivity index (χ3n) is 4.08. The number of thiophene rings is 1. The normalized spacial score (nSPS) is 25.7. The molecule has 21 heavy (non-hydrogen) atoms. The molecule has 0 aromatic carbocycles. The molecular formula is C15H23ClN2O2S.